The standard InChI is InChI=1S/C55H67FN8O11S/c1-33(2)39-8-6-7-9-40(39)46-31-62(34(3)65)20-21-63(46)37-28-55(29-37)16-18-61(19-17-55)36-10-11-41(47(24-36)75-49-27-42-43(56)30-57-51(42)59-53(49)73-23-22-72-5)52(66)60-76(70,71)38-25-45(64(68)69)50-48(26-38)74-32-44(58-50)35-12-14-54(4,67)15-13-35/h6-11,24-27,30,33,35,37,44,46,58,67H,12-23,28-29,31-32H2,1-5H3,(H,57,59)(H,60,66)/t35?,44-,46-,54?/m1/s1. The van der Waals surface area contributed by atoms with Gasteiger partial charge >= 0.3 is 0 Å². The van der Waals surface area contributed by atoms with Gasteiger partial charge in [-0.25, -0.2) is 17.5 Å². The first-order chi connectivity index (χ1) is 36.3. The van der Waals surface area contributed by atoms with Crippen LogP contribution in [0.1, 0.15) is 113 Å². The zero-order valence-electron chi connectivity index (χ0n) is 43.6. The molecule has 2 amide bonds. The molecule has 5 aromatic rings. The van der Waals surface area contributed by atoms with Gasteiger partial charge < -0.3 is 44.2 Å². The van der Waals surface area contributed by atoms with E-state index in [1.165, 1.54) is 30.4 Å². The summed E-state index contributed by atoms with van der Waals surface area (Å²) in [6, 6.07) is 17.0. The van der Waals surface area contributed by atoms with E-state index in [9.17, 15) is 33.2 Å². The van der Waals surface area contributed by atoms with Crippen molar-refractivity contribution < 1.29 is 51.4 Å². The van der Waals surface area contributed by atoms with E-state index in [2.05, 4.69) is 67.9 Å². The predicted molar refractivity (Wildman–Crippen MR) is 282 cm³/mol. The van der Waals surface area contributed by atoms with E-state index < -0.39 is 42.9 Å². The van der Waals surface area contributed by atoms with Crippen LogP contribution in [0.15, 0.2) is 71.8 Å². The van der Waals surface area contributed by atoms with Crippen molar-refractivity contribution in [1.82, 2.24) is 24.5 Å². The average molecular weight is 1070 g/mol. The highest BCUT2D eigenvalue weighted by molar-refractivity contribution is 7.90. The first kappa shape index (κ1) is 52.9. The van der Waals surface area contributed by atoms with Crippen molar-refractivity contribution in [3.05, 3.63) is 99.5 Å². The fourth-order valence-electron chi connectivity index (χ4n) is 12.1. The van der Waals surface area contributed by atoms with Crippen molar-refractivity contribution in [2.24, 2.45) is 11.3 Å². The highest BCUT2D eigenvalue weighted by atomic mass is 32.2. The van der Waals surface area contributed by atoms with Gasteiger partial charge in [-0.15, -0.1) is 0 Å². The molecule has 406 valence electrons. The molecular weight excluding hydrogens is 1000 g/mol. The number of halogens is 1. The number of fused-ring (bicyclic) bond motifs is 2. The van der Waals surface area contributed by atoms with Gasteiger partial charge in [-0.3, -0.25) is 24.6 Å². The number of piperazine rings is 1. The number of anilines is 2. The Balaban J connectivity index is 0.900. The summed E-state index contributed by atoms with van der Waals surface area (Å²) >= 11 is 0. The molecule has 2 aromatic heterocycles. The second kappa shape index (κ2) is 21.1. The topological polar surface area (TPSA) is 231 Å². The number of nitro groups is 1. The first-order valence-corrected chi connectivity index (χ1v) is 27.8. The van der Waals surface area contributed by atoms with Crippen molar-refractivity contribution in [2.45, 2.75) is 114 Å². The number of hydrogen-bond acceptors (Lipinski definition) is 15. The van der Waals surface area contributed by atoms with E-state index >= 15 is 4.39 Å². The molecule has 10 rings (SSSR count). The summed E-state index contributed by atoms with van der Waals surface area (Å²) in [5.41, 5.74) is 2.08. The van der Waals surface area contributed by atoms with E-state index in [4.69, 9.17) is 18.9 Å². The van der Waals surface area contributed by atoms with E-state index in [1.807, 2.05) is 4.90 Å². The highest BCUT2D eigenvalue weighted by Gasteiger charge is 2.50. The van der Waals surface area contributed by atoms with E-state index in [0.29, 0.717) is 69.5 Å². The maximum atomic E-state index is 15.1. The number of aromatic amines is 1. The van der Waals surface area contributed by atoms with E-state index in [1.54, 1.807) is 26.0 Å². The van der Waals surface area contributed by atoms with Gasteiger partial charge in [0.15, 0.2) is 17.2 Å². The van der Waals surface area contributed by atoms with Crippen LogP contribution >= 0.6 is 0 Å². The third kappa shape index (κ3) is 10.7. The van der Waals surface area contributed by atoms with Crippen molar-refractivity contribution >= 4 is 49.9 Å². The van der Waals surface area contributed by atoms with Crippen molar-refractivity contribution in [1.29, 1.82) is 0 Å². The van der Waals surface area contributed by atoms with Crippen LogP contribution in [0, 0.1) is 27.3 Å². The zero-order valence-corrected chi connectivity index (χ0v) is 44.4. The third-order valence-corrected chi connectivity index (χ3v) is 17.9. The van der Waals surface area contributed by atoms with E-state index in [-0.39, 0.29) is 94.6 Å². The Kier molecular flexibility index (Phi) is 14.7. The molecule has 0 bridgehead atoms. The molecule has 19 nitrogen and oxygen atoms in total. The molecule has 3 aliphatic heterocycles. The summed E-state index contributed by atoms with van der Waals surface area (Å²) in [6.45, 7) is 11.7. The molecule has 3 aromatic carbocycles. The minimum Gasteiger partial charge on any atom is -0.489 e. The van der Waals surface area contributed by atoms with Gasteiger partial charge in [0.25, 0.3) is 27.5 Å². The monoisotopic (exact) mass is 1070 g/mol. The third-order valence-electron chi connectivity index (χ3n) is 16.6. The number of piperidine rings is 1. The van der Waals surface area contributed by atoms with Crippen molar-refractivity contribution in [3.63, 3.8) is 0 Å². The molecule has 2 saturated heterocycles. The molecule has 5 heterocycles. The second-order valence-corrected chi connectivity index (χ2v) is 23.6. The Morgan fingerprint density at radius 1 is 1.01 bits per heavy atom. The van der Waals surface area contributed by atoms with Gasteiger partial charge in [0.05, 0.1) is 45.1 Å². The normalized spacial score (nSPS) is 22.9. The molecule has 5 aliphatic rings. The van der Waals surface area contributed by atoms with Crippen molar-refractivity contribution in [3.8, 4) is 23.1 Å². The van der Waals surface area contributed by atoms with Gasteiger partial charge in [-0.2, -0.15) is 4.98 Å². The number of rotatable bonds is 15. The van der Waals surface area contributed by atoms with Gasteiger partial charge in [0, 0.05) is 88.9 Å². The summed E-state index contributed by atoms with van der Waals surface area (Å²) in [7, 11) is -3.30. The number of carbonyl (C=O) groups is 2. The smallest absolute Gasteiger partial charge is 0.297 e. The molecule has 4 fully saturated rings. The Hall–Kier alpha value is -6.55. The molecule has 76 heavy (non-hydrogen) atoms. The lowest BCUT2D eigenvalue weighted by molar-refractivity contribution is -0.384. The number of amides is 2. The van der Waals surface area contributed by atoms with Crippen LogP contribution in [-0.2, 0) is 19.6 Å². The lowest BCUT2D eigenvalue weighted by Gasteiger charge is -2.58. The number of methoxy groups -OCH3 is 1. The highest BCUT2D eigenvalue weighted by Crippen LogP contribution is 2.54. The number of nitrogens with zero attached hydrogens (tertiary/aromatic N) is 5. The second-order valence-electron chi connectivity index (χ2n) is 21.9. The van der Waals surface area contributed by atoms with Crippen molar-refractivity contribution in [2.75, 3.05) is 69.9 Å². The number of carbonyl (C=O) groups excluding carboxylic acids is 2. The van der Waals surface area contributed by atoms with Crippen LogP contribution < -0.4 is 29.1 Å². The minimum absolute atomic E-state index is 0.0324. The fourth-order valence-corrected chi connectivity index (χ4v) is 13.1. The Bertz CT molecular complexity index is 3120. The molecule has 2 atom stereocenters. The maximum Gasteiger partial charge on any atom is 0.297 e. The number of nitrogens with one attached hydrogen (secondary N) is 3. The average Bonchev–Trinajstić information content (AvgIpc) is 3.77. The van der Waals surface area contributed by atoms with Crippen LogP contribution in [0.3, 0.4) is 0 Å². The number of pyridine rings is 1. The number of hydrogen-bond donors (Lipinski definition) is 4. The number of aromatic nitrogens is 2. The number of sulfonamides is 1. The SMILES string of the molecule is COCCOc1nc2[nH]cc(F)c2cc1Oc1cc(N2CCC3(CC2)CC(N2CCN(C(C)=O)C[C@@H]2c2ccccc2C(C)C)C3)ccc1C(=O)NS(=O)(=O)c1cc2c(c([N+](=O)[O-])c1)N[C@@H](C1CCC(C)(O)CC1)CO2. The molecule has 2 aliphatic carbocycles. The number of benzene rings is 3. The van der Waals surface area contributed by atoms with Crippen LogP contribution in [0.25, 0.3) is 11.0 Å². The Labute approximate surface area is 441 Å². The fraction of sp³-hybridized carbons (Fsp3) is 0.509. The molecule has 1 spiro atoms. The van der Waals surface area contributed by atoms with Gasteiger partial charge in [0.1, 0.15) is 30.4 Å². The summed E-state index contributed by atoms with van der Waals surface area (Å²) < 4.78 is 69.1. The minimum atomic E-state index is -4.80. The van der Waals surface area contributed by atoms with Crippen LogP contribution in [0.4, 0.5) is 21.5 Å². The molecule has 0 radical (unpaired) electrons. The lowest BCUT2D eigenvalue weighted by Crippen LogP contribution is -2.60. The number of ether oxygens (including phenoxy) is 4. The molecule has 2 saturated carbocycles. The Morgan fingerprint density at radius 3 is 2.47 bits per heavy atom. The van der Waals surface area contributed by atoms with Crippen LogP contribution in [-0.4, -0.2) is 127 Å². The van der Waals surface area contributed by atoms with E-state index in [0.717, 1.165) is 50.6 Å². The number of aliphatic hydroxyl groups is 1. The molecule has 4 N–H and O–H groups in total. The van der Waals surface area contributed by atoms with Crippen LogP contribution in [0.2, 0.25) is 0 Å². The van der Waals surface area contributed by atoms with Gasteiger partial charge in [0.2, 0.25) is 5.91 Å². The largest absolute Gasteiger partial charge is 0.489 e. The van der Waals surface area contributed by atoms with Gasteiger partial charge in [-0.05, 0) is 98.8 Å². The summed E-state index contributed by atoms with van der Waals surface area (Å²) in [5.74, 6) is -1.46. The Morgan fingerprint density at radius 2 is 1.76 bits per heavy atom. The summed E-state index contributed by atoms with van der Waals surface area (Å²) in [6.07, 6.45) is 7.50. The quantitative estimate of drug-likeness (QED) is 0.0438. The maximum absolute atomic E-state index is 15.1. The first-order valence-electron chi connectivity index (χ1n) is 26.3. The number of nitro benzene ring substituents is 1. The van der Waals surface area contributed by atoms with Gasteiger partial charge in [-0.1, -0.05) is 38.1 Å². The molecule has 21 heteroatoms. The summed E-state index contributed by atoms with van der Waals surface area (Å²) in [5, 5.41) is 26.3. The predicted octanol–water partition coefficient (Wildman–Crippen LogP) is 8.44. The molecular formula is C55H67FN8O11S. The van der Waals surface area contributed by atoms with Crippen LogP contribution in [0.5, 0.6) is 23.1 Å². The zero-order chi connectivity index (χ0) is 53.7. The number of H-pyrrole nitrogens is 1. The summed E-state index contributed by atoms with van der Waals surface area (Å²) in [4.78, 5) is 52.3. The lowest BCUT2D eigenvalue weighted by atomic mass is 9.59. The molecule has 0 unspecified atom stereocenters.